The van der Waals surface area contributed by atoms with E-state index in [1.165, 1.54) is 55.4 Å². The van der Waals surface area contributed by atoms with Crippen LogP contribution in [0.2, 0.25) is 0 Å². The Morgan fingerprint density at radius 3 is 2.72 bits per heavy atom. The number of aromatic amines is 1. The number of para-hydroxylation sites is 1. The lowest BCUT2D eigenvalue weighted by atomic mass is 9.96. The summed E-state index contributed by atoms with van der Waals surface area (Å²) in [5, 5.41) is 1.09. The molecule has 0 bridgehead atoms. The van der Waals surface area contributed by atoms with Crippen molar-refractivity contribution in [2.75, 3.05) is 27.2 Å². The minimum atomic E-state index is -0.452. The van der Waals surface area contributed by atoms with Gasteiger partial charge in [-0.25, -0.2) is 4.79 Å². The Balaban J connectivity index is 1.61. The number of hydrogen-bond acceptors (Lipinski definition) is 3. The number of benzene rings is 1. The fourth-order valence-electron chi connectivity index (χ4n) is 4.20. The molecule has 1 aliphatic rings. The maximum absolute atomic E-state index is 12.2. The molecule has 1 saturated carbocycles. The van der Waals surface area contributed by atoms with E-state index in [2.05, 4.69) is 28.9 Å². The summed E-state index contributed by atoms with van der Waals surface area (Å²) in [6, 6.07) is 5.80. The van der Waals surface area contributed by atoms with Crippen LogP contribution in [0.4, 0.5) is 4.79 Å². The smallest absolute Gasteiger partial charge is 0.408 e. The highest BCUT2D eigenvalue weighted by molar-refractivity contribution is 5.90. The Morgan fingerprint density at radius 1 is 1.24 bits per heavy atom. The lowest BCUT2D eigenvalue weighted by Gasteiger charge is -2.20. The lowest BCUT2D eigenvalue weighted by Crippen LogP contribution is -2.29. The molecule has 1 N–H and O–H groups in total. The molecule has 1 fully saturated rings. The van der Waals surface area contributed by atoms with E-state index in [0.29, 0.717) is 5.75 Å². The van der Waals surface area contributed by atoms with E-state index in [9.17, 15) is 4.79 Å². The van der Waals surface area contributed by atoms with Crippen molar-refractivity contribution in [3.05, 3.63) is 30.0 Å². The van der Waals surface area contributed by atoms with Crippen LogP contribution in [0, 0.1) is 18.3 Å². The average molecular weight is 396 g/mol. The van der Waals surface area contributed by atoms with Crippen LogP contribution in [0.5, 0.6) is 5.75 Å². The largest absolute Gasteiger partial charge is 0.415 e. The number of ether oxygens (including phenoxy) is 1. The maximum Gasteiger partial charge on any atom is 0.415 e. The van der Waals surface area contributed by atoms with Crippen molar-refractivity contribution in [1.82, 2.24) is 14.8 Å². The summed E-state index contributed by atoms with van der Waals surface area (Å²) in [5.74, 6) is 3.86. The van der Waals surface area contributed by atoms with Gasteiger partial charge in [0.2, 0.25) is 0 Å². The zero-order valence-electron chi connectivity index (χ0n) is 17.7. The molecule has 1 aromatic carbocycles. The number of H-pyrrole nitrogens is 1. The van der Waals surface area contributed by atoms with Crippen LogP contribution in [0.3, 0.4) is 0 Å². The number of rotatable bonds is 7. The van der Waals surface area contributed by atoms with Gasteiger partial charge in [0.25, 0.3) is 0 Å². The molecule has 5 nitrogen and oxygen atoms in total. The van der Waals surface area contributed by atoms with Crippen molar-refractivity contribution in [2.45, 2.75) is 51.5 Å². The fourth-order valence-corrected chi connectivity index (χ4v) is 4.20. The number of hydrogen-bond donors (Lipinski definition) is 1. The van der Waals surface area contributed by atoms with Crippen LogP contribution in [-0.2, 0) is 6.54 Å². The number of nitrogens with zero attached hydrogens (tertiary/aromatic N) is 2. The quantitative estimate of drug-likeness (QED) is 0.529. The van der Waals surface area contributed by atoms with Gasteiger partial charge in [-0.2, -0.15) is 0 Å². The van der Waals surface area contributed by atoms with Crippen molar-refractivity contribution >= 4 is 17.0 Å². The summed E-state index contributed by atoms with van der Waals surface area (Å²) in [5.41, 5.74) is 2.07. The third-order valence-corrected chi connectivity index (χ3v) is 5.93. The van der Waals surface area contributed by atoms with E-state index in [0.717, 1.165) is 29.9 Å². The maximum atomic E-state index is 12.2. The third kappa shape index (κ3) is 5.77. The summed E-state index contributed by atoms with van der Waals surface area (Å²) in [7, 11) is 3.82. The number of amides is 1. The second-order valence-corrected chi connectivity index (χ2v) is 8.30. The topological polar surface area (TPSA) is 48.6 Å². The van der Waals surface area contributed by atoms with Crippen LogP contribution in [0.15, 0.2) is 24.4 Å². The molecule has 29 heavy (non-hydrogen) atoms. The van der Waals surface area contributed by atoms with Crippen molar-refractivity contribution < 1.29 is 9.53 Å². The first kappa shape index (κ1) is 21.3. The highest BCUT2D eigenvalue weighted by Crippen LogP contribution is 2.29. The lowest BCUT2D eigenvalue weighted by molar-refractivity contribution is 0.168. The Labute approximate surface area is 174 Å². The number of carbonyl (C=O) groups excluding carboxylic acids is 1. The van der Waals surface area contributed by atoms with E-state index in [1.54, 1.807) is 13.1 Å². The van der Waals surface area contributed by atoms with E-state index >= 15 is 0 Å². The first-order valence-corrected chi connectivity index (χ1v) is 10.7. The summed E-state index contributed by atoms with van der Waals surface area (Å²) in [4.78, 5) is 19.2. The number of nitrogens with one attached hydrogen (secondary N) is 1. The predicted octanol–water partition coefficient (Wildman–Crippen LogP) is 5.02. The molecule has 0 saturated heterocycles. The molecule has 0 radical (unpaired) electrons. The van der Waals surface area contributed by atoms with E-state index in [-0.39, 0.29) is 6.54 Å². The van der Waals surface area contributed by atoms with E-state index in [4.69, 9.17) is 11.2 Å². The highest BCUT2D eigenvalue weighted by Gasteiger charge is 2.16. The monoisotopic (exact) mass is 395 g/mol. The summed E-state index contributed by atoms with van der Waals surface area (Å²) in [6.07, 6.45) is 16.5. The van der Waals surface area contributed by atoms with Crippen molar-refractivity contribution in [3.8, 4) is 18.1 Å². The average Bonchev–Trinajstić information content (AvgIpc) is 2.94. The summed E-state index contributed by atoms with van der Waals surface area (Å²) in [6.45, 7) is 2.21. The van der Waals surface area contributed by atoms with Gasteiger partial charge in [0, 0.05) is 25.2 Å². The Morgan fingerprint density at radius 2 is 2.00 bits per heavy atom. The van der Waals surface area contributed by atoms with Gasteiger partial charge in [-0.05, 0) is 37.6 Å². The van der Waals surface area contributed by atoms with Crippen molar-refractivity contribution in [2.24, 2.45) is 5.92 Å². The molecule has 5 heteroatoms. The number of carbonyl (C=O) groups is 1. The van der Waals surface area contributed by atoms with Gasteiger partial charge in [0.15, 0.2) is 5.75 Å². The van der Waals surface area contributed by atoms with Crippen LogP contribution in [0.1, 0.15) is 50.5 Å². The van der Waals surface area contributed by atoms with Gasteiger partial charge in [-0.15, -0.1) is 6.42 Å². The number of aromatic nitrogens is 1. The molecule has 0 spiro atoms. The van der Waals surface area contributed by atoms with E-state index in [1.807, 2.05) is 12.3 Å². The van der Waals surface area contributed by atoms with Gasteiger partial charge in [-0.1, -0.05) is 56.6 Å². The molecule has 0 unspecified atom stereocenters. The molecule has 0 atom stereocenters. The second-order valence-electron chi connectivity index (χ2n) is 8.30. The molecule has 3 rings (SSSR count). The van der Waals surface area contributed by atoms with Gasteiger partial charge in [0.05, 0.1) is 12.1 Å². The van der Waals surface area contributed by atoms with Gasteiger partial charge in [-0.3, -0.25) is 4.90 Å². The molecule has 2 aromatic rings. The molecular weight excluding hydrogens is 362 g/mol. The fraction of sp³-hybridized carbons (Fsp3) is 0.542. The van der Waals surface area contributed by atoms with Gasteiger partial charge in [0.1, 0.15) is 0 Å². The molecular formula is C24H33N3O2. The number of terminal acetylenes is 1. The third-order valence-electron chi connectivity index (χ3n) is 5.93. The highest BCUT2D eigenvalue weighted by atomic mass is 16.6. The van der Waals surface area contributed by atoms with Crippen LogP contribution in [0.25, 0.3) is 10.9 Å². The molecule has 1 aromatic heterocycles. The van der Waals surface area contributed by atoms with Gasteiger partial charge >= 0.3 is 6.09 Å². The summed E-state index contributed by atoms with van der Waals surface area (Å²) >= 11 is 0. The second kappa shape index (κ2) is 10.4. The zero-order chi connectivity index (χ0) is 20.6. The zero-order valence-corrected chi connectivity index (χ0v) is 17.7. The van der Waals surface area contributed by atoms with Crippen molar-refractivity contribution in [3.63, 3.8) is 0 Å². The normalized spacial score (nSPS) is 15.2. The van der Waals surface area contributed by atoms with Crippen LogP contribution < -0.4 is 4.74 Å². The molecule has 0 aliphatic heterocycles. The summed E-state index contributed by atoms with van der Waals surface area (Å²) < 4.78 is 5.55. The van der Waals surface area contributed by atoms with Crippen molar-refractivity contribution in [1.29, 1.82) is 0 Å². The standard InChI is InChI=1S/C24H33N3O2/c1-4-15-27(3)24(28)29-22-13-9-12-21-20(17-25-23(21)22)18-26(2)16-14-19-10-7-5-6-8-11-19/h1,9,12-13,17,19,25H,5-8,10-11,14-16,18H2,2-3H3. The van der Waals surface area contributed by atoms with E-state index < -0.39 is 6.09 Å². The minimum Gasteiger partial charge on any atom is -0.408 e. The Hall–Kier alpha value is -2.45. The molecule has 1 heterocycles. The molecule has 1 amide bonds. The first-order chi connectivity index (χ1) is 14.1. The van der Waals surface area contributed by atoms with Crippen LogP contribution >= 0.6 is 0 Å². The van der Waals surface area contributed by atoms with Crippen LogP contribution in [-0.4, -0.2) is 48.1 Å². The van der Waals surface area contributed by atoms with Gasteiger partial charge < -0.3 is 14.6 Å². The SMILES string of the molecule is C#CCN(C)C(=O)Oc1cccc2c(CN(C)CCC3CCCCCC3)c[nH]c12. The Kier molecular flexibility index (Phi) is 7.60. The minimum absolute atomic E-state index is 0.219. The number of fused-ring (bicyclic) bond motifs is 1. The molecule has 1 aliphatic carbocycles. The molecule has 156 valence electrons. The predicted molar refractivity (Wildman–Crippen MR) is 118 cm³/mol. The Bertz CT molecular complexity index is 843. The first-order valence-electron chi connectivity index (χ1n) is 10.7.